The molecule has 0 radical (unpaired) electrons. The molecule has 0 amide bonds. The number of phenolic OH excluding ortho intramolecular Hbond substituents is 1. The van der Waals surface area contributed by atoms with Crippen LogP contribution in [0.25, 0.3) is 0 Å². The van der Waals surface area contributed by atoms with E-state index in [4.69, 9.17) is 25.4 Å². The van der Waals surface area contributed by atoms with Crippen molar-refractivity contribution >= 4 is 29.2 Å². The molecule has 0 aliphatic carbocycles. The van der Waals surface area contributed by atoms with Crippen molar-refractivity contribution in [1.82, 2.24) is 9.88 Å². The van der Waals surface area contributed by atoms with Crippen LogP contribution >= 0.6 is 0 Å². The minimum absolute atomic E-state index is 0.00385. The molecule has 0 saturated carbocycles. The van der Waals surface area contributed by atoms with E-state index < -0.39 is 52.3 Å². The van der Waals surface area contributed by atoms with Gasteiger partial charge in [0.2, 0.25) is 17.3 Å². The fourth-order valence-electron chi connectivity index (χ4n) is 3.74. The van der Waals surface area contributed by atoms with Gasteiger partial charge in [-0.05, 0) is 55.5 Å². The number of carbonyl (C=O) groups excluding carboxylic acids is 1. The Labute approximate surface area is 230 Å². The number of nitrogens with zero attached hydrogens (tertiary/aromatic N) is 3. The minimum Gasteiger partial charge on any atom is -0.611 e. The van der Waals surface area contributed by atoms with Gasteiger partial charge in [0.1, 0.15) is 17.8 Å². The average Bonchev–Trinajstić information content (AvgIpc) is 3.34. The molecule has 1 aliphatic heterocycles. The third kappa shape index (κ3) is 6.30. The van der Waals surface area contributed by atoms with Crippen LogP contribution in [0.3, 0.4) is 0 Å². The number of rotatable bonds is 10. The predicted molar refractivity (Wildman–Crippen MR) is 142 cm³/mol. The van der Waals surface area contributed by atoms with Crippen molar-refractivity contribution in [3.05, 3.63) is 65.4 Å². The minimum atomic E-state index is -1.76. The molecule has 2 heterocycles. The van der Waals surface area contributed by atoms with Crippen LogP contribution in [0.1, 0.15) is 24.2 Å². The molecule has 0 spiro atoms. The molecule has 4 N–H and O–H groups in total. The maximum Gasteiger partial charge on any atom is 0.356 e. The van der Waals surface area contributed by atoms with E-state index in [-0.39, 0.29) is 40.2 Å². The topological polar surface area (TPSA) is 166 Å². The number of carbonyl (C=O) groups is 1. The van der Waals surface area contributed by atoms with Gasteiger partial charge in [-0.25, -0.2) is 14.2 Å². The number of nitrogen functional groups attached to an aromatic ring is 1. The Balaban J connectivity index is 1.69. The van der Waals surface area contributed by atoms with Gasteiger partial charge in [-0.1, -0.05) is 0 Å². The largest absolute Gasteiger partial charge is 0.611 e. The predicted octanol–water partition coefficient (Wildman–Crippen LogP) is 3.62. The lowest BCUT2D eigenvalue weighted by molar-refractivity contribution is -0.139. The first-order chi connectivity index (χ1) is 19.1. The number of aromatic hydroxyl groups is 1. The van der Waals surface area contributed by atoms with Crippen LogP contribution < -0.4 is 15.2 Å². The highest BCUT2D eigenvalue weighted by Crippen LogP contribution is 2.40. The summed E-state index contributed by atoms with van der Waals surface area (Å²) >= 11 is -1.76. The van der Waals surface area contributed by atoms with Gasteiger partial charge in [-0.3, -0.25) is 15.3 Å². The number of hydrogen-bond acceptors (Lipinski definition) is 10. The van der Waals surface area contributed by atoms with E-state index in [1.54, 1.807) is 20.2 Å². The van der Waals surface area contributed by atoms with E-state index in [0.717, 1.165) is 0 Å². The number of hydrogen-bond donors (Lipinski definition) is 3. The second-order valence-corrected chi connectivity index (χ2v) is 9.95. The lowest BCUT2D eigenvalue weighted by Gasteiger charge is -2.22. The van der Waals surface area contributed by atoms with Crippen LogP contribution in [0.15, 0.2) is 52.5 Å². The molecule has 2 aromatic carbocycles. The van der Waals surface area contributed by atoms with E-state index in [1.807, 2.05) is 4.90 Å². The SMILES string of the molecule is CCOC(=O)C[S+]([O-])c1ccc(Oc2c(F)cnc(Oc3cc(C(=N)N)ccc3O)c2F)c(C2N=CCN2C)c1. The summed E-state index contributed by atoms with van der Waals surface area (Å²) in [5.41, 5.74) is 6.00. The van der Waals surface area contributed by atoms with Gasteiger partial charge in [-0.15, -0.1) is 0 Å². The van der Waals surface area contributed by atoms with Crippen LogP contribution in [0, 0.1) is 17.0 Å². The molecule has 11 nitrogen and oxygen atoms in total. The molecular weight excluding hydrogens is 548 g/mol. The highest BCUT2D eigenvalue weighted by atomic mass is 32.2. The van der Waals surface area contributed by atoms with Crippen molar-refractivity contribution in [2.45, 2.75) is 18.0 Å². The molecule has 1 aliphatic rings. The zero-order valence-corrected chi connectivity index (χ0v) is 22.2. The van der Waals surface area contributed by atoms with Crippen molar-refractivity contribution in [3.63, 3.8) is 0 Å². The fourth-order valence-corrected chi connectivity index (χ4v) is 4.68. The molecule has 3 aromatic rings. The average molecular weight is 574 g/mol. The molecule has 0 fully saturated rings. The molecule has 0 saturated heterocycles. The number of esters is 1. The van der Waals surface area contributed by atoms with Crippen molar-refractivity contribution < 1.29 is 37.4 Å². The summed E-state index contributed by atoms with van der Waals surface area (Å²) in [4.78, 5) is 21.9. The van der Waals surface area contributed by atoms with Gasteiger partial charge in [-0.2, -0.15) is 4.39 Å². The molecule has 0 bridgehead atoms. The molecule has 40 heavy (non-hydrogen) atoms. The summed E-state index contributed by atoms with van der Waals surface area (Å²) in [6.07, 6.45) is 1.71. The zero-order valence-electron chi connectivity index (χ0n) is 21.4. The summed E-state index contributed by atoms with van der Waals surface area (Å²) in [7, 11) is 1.77. The number of nitrogens with one attached hydrogen (secondary N) is 1. The van der Waals surface area contributed by atoms with Crippen LogP contribution in [-0.4, -0.2) is 63.5 Å². The second kappa shape index (κ2) is 12.3. The van der Waals surface area contributed by atoms with Gasteiger partial charge in [0.15, 0.2) is 22.2 Å². The van der Waals surface area contributed by atoms with Crippen molar-refractivity contribution in [3.8, 4) is 28.9 Å². The van der Waals surface area contributed by atoms with Crippen molar-refractivity contribution in [2.75, 3.05) is 26.0 Å². The normalized spacial score (nSPS) is 15.6. The monoisotopic (exact) mass is 573 g/mol. The molecule has 1 aromatic heterocycles. The molecule has 2 atom stereocenters. The van der Waals surface area contributed by atoms with Gasteiger partial charge in [0, 0.05) is 30.0 Å². The van der Waals surface area contributed by atoms with Crippen molar-refractivity contribution in [1.29, 1.82) is 5.41 Å². The van der Waals surface area contributed by atoms with Gasteiger partial charge >= 0.3 is 5.97 Å². The first-order valence-electron chi connectivity index (χ1n) is 11.9. The quantitative estimate of drug-likeness (QED) is 0.142. The highest BCUT2D eigenvalue weighted by molar-refractivity contribution is 7.92. The Morgan fingerprint density at radius 1 is 1.25 bits per heavy atom. The number of nitrogens with two attached hydrogens (primary N) is 1. The third-order valence-electron chi connectivity index (χ3n) is 5.70. The molecular formula is C26H25F2N5O6S. The second-order valence-electron chi connectivity index (χ2n) is 8.49. The maximum atomic E-state index is 15.5. The number of phenols is 1. The molecule has 4 rings (SSSR count). The Bertz CT molecular complexity index is 1470. The fraction of sp³-hybridized carbons (Fsp3) is 0.231. The van der Waals surface area contributed by atoms with Crippen LogP contribution in [0.4, 0.5) is 8.78 Å². The van der Waals surface area contributed by atoms with E-state index >= 15 is 4.39 Å². The number of halogens is 2. The first-order valence-corrected chi connectivity index (χ1v) is 13.2. The van der Waals surface area contributed by atoms with E-state index in [2.05, 4.69) is 9.98 Å². The van der Waals surface area contributed by atoms with E-state index in [1.165, 1.54) is 36.4 Å². The van der Waals surface area contributed by atoms with Gasteiger partial charge in [0.25, 0.3) is 5.88 Å². The number of aliphatic imine (C=N–C) groups is 1. The van der Waals surface area contributed by atoms with E-state index in [0.29, 0.717) is 18.3 Å². The summed E-state index contributed by atoms with van der Waals surface area (Å²) in [6, 6.07) is 8.03. The zero-order chi connectivity index (χ0) is 29.0. The Morgan fingerprint density at radius 2 is 2.02 bits per heavy atom. The molecule has 210 valence electrons. The standard InChI is InChI=1S/C26H25F2N5O6S/c1-3-37-21(35)13-40(36)15-5-7-19(16(11-15)25-31-8-9-33(25)2)38-23-17(27)12-32-26(22(23)28)39-20-10-14(24(29)30)4-6-18(20)34/h4-8,10-12,25,34H,3,9,13H2,1-2H3,(H3,29,30). The number of aromatic nitrogens is 1. The number of amidine groups is 1. The lowest BCUT2D eigenvalue weighted by atomic mass is 10.1. The van der Waals surface area contributed by atoms with Gasteiger partial charge < -0.3 is 29.6 Å². The summed E-state index contributed by atoms with van der Waals surface area (Å²) in [5, 5.41) is 17.6. The van der Waals surface area contributed by atoms with Crippen molar-refractivity contribution in [2.24, 2.45) is 10.7 Å². The van der Waals surface area contributed by atoms with Gasteiger partial charge in [0.05, 0.1) is 12.8 Å². The van der Waals surface area contributed by atoms with Crippen LogP contribution in [-0.2, 0) is 20.7 Å². The number of pyridine rings is 1. The van der Waals surface area contributed by atoms with Crippen LogP contribution in [0.2, 0.25) is 0 Å². The first kappa shape index (κ1) is 28.7. The Morgan fingerprint density at radius 3 is 2.70 bits per heavy atom. The van der Waals surface area contributed by atoms with E-state index in [9.17, 15) is 18.8 Å². The third-order valence-corrected chi connectivity index (χ3v) is 6.98. The smallest absolute Gasteiger partial charge is 0.356 e. The maximum absolute atomic E-state index is 15.5. The molecule has 2 unspecified atom stereocenters. The molecule has 14 heteroatoms. The Hall–Kier alpha value is -4.27. The number of benzene rings is 2. The summed E-state index contributed by atoms with van der Waals surface area (Å²) < 4.78 is 59.0. The summed E-state index contributed by atoms with van der Waals surface area (Å²) in [6.45, 7) is 2.27. The Kier molecular flexibility index (Phi) is 8.82. The van der Waals surface area contributed by atoms with Crippen LogP contribution in [0.5, 0.6) is 28.9 Å². The lowest BCUT2D eigenvalue weighted by Crippen LogP contribution is -2.21. The highest BCUT2D eigenvalue weighted by Gasteiger charge is 2.29. The number of ether oxygens (including phenoxy) is 3. The summed E-state index contributed by atoms with van der Waals surface area (Å²) in [5.74, 6) is -6.00.